The zero-order valence-electron chi connectivity index (χ0n) is 18.2. The van der Waals surface area contributed by atoms with E-state index in [1.165, 1.54) is 0 Å². The monoisotopic (exact) mass is 421 g/mol. The first-order chi connectivity index (χ1) is 15.0. The highest BCUT2D eigenvalue weighted by Crippen LogP contribution is 2.28. The van der Waals surface area contributed by atoms with E-state index in [1.54, 1.807) is 24.8 Å². The lowest BCUT2D eigenvalue weighted by molar-refractivity contribution is -0.119. The Kier molecular flexibility index (Phi) is 7.07. The summed E-state index contributed by atoms with van der Waals surface area (Å²) in [7, 11) is 1.60. The number of methoxy groups -OCH3 is 1. The van der Waals surface area contributed by atoms with Crippen molar-refractivity contribution in [3.63, 3.8) is 0 Å². The lowest BCUT2D eigenvalue weighted by atomic mass is 10.1. The molecule has 0 aliphatic carbocycles. The molecule has 7 heteroatoms. The number of esters is 1. The van der Waals surface area contributed by atoms with Gasteiger partial charge >= 0.3 is 5.97 Å². The Balaban J connectivity index is 2.03. The molecule has 31 heavy (non-hydrogen) atoms. The van der Waals surface area contributed by atoms with Gasteiger partial charge in [-0.1, -0.05) is 26.0 Å². The Morgan fingerprint density at radius 3 is 2.48 bits per heavy atom. The molecule has 1 heterocycles. The maximum absolute atomic E-state index is 12.3. The minimum absolute atomic E-state index is 0.0319. The van der Waals surface area contributed by atoms with Gasteiger partial charge in [0.05, 0.1) is 25.1 Å². The fourth-order valence-electron chi connectivity index (χ4n) is 3.02. The number of hydrogen-bond donors (Lipinski definition) is 1. The number of nitrogens with zero attached hydrogens (tertiary/aromatic N) is 2. The Morgan fingerprint density at radius 1 is 1.10 bits per heavy atom. The number of amides is 1. The number of ether oxygens (including phenoxy) is 2. The van der Waals surface area contributed by atoms with Gasteiger partial charge in [-0.15, -0.1) is 0 Å². The van der Waals surface area contributed by atoms with Gasteiger partial charge in [0, 0.05) is 17.2 Å². The first-order valence-electron chi connectivity index (χ1n) is 10.3. The van der Waals surface area contributed by atoms with Crippen LogP contribution in [0.4, 0.5) is 5.69 Å². The fraction of sp³-hybridized carbons (Fsp3) is 0.292. The second-order valence-corrected chi connectivity index (χ2v) is 7.12. The highest BCUT2D eigenvalue weighted by molar-refractivity contribution is 5.93. The van der Waals surface area contributed by atoms with Crippen LogP contribution in [0, 0.1) is 5.92 Å². The van der Waals surface area contributed by atoms with Gasteiger partial charge in [0.1, 0.15) is 5.75 Å². The number of nitrogens with one attached hydrogen (secondary N) is 1. The van der Waals surface area contributed by atoms with E-state index >= 15 is 0 Å². The van der Waals surface area contributed by atoms with E-state index in [9.17, 15) is 9.59 Å². The molecule has 0 radical (unpaired) electrons. The summed E-state index contributed by atoms with van der Waals surface area (Å²) in [6.07, 6.45) is 0.763. The minimum Gasteiger partial charge on any atom is -0.497 e. The summed E-state index contributed by atoms with van der Waals surface area (Å²) in [6, 6.07) is 16.5. The first kappa shape index (κ1) is 22.1. The predicted molar refractivity (Wildman–Crippen MR) is 120 cm³/mol. The Hall–Kier alpha value is -3.61. The molecule has 3 aromatic rings. The van der Waals surface area contributed by atoms with Crippen molar-refractivity contribution in [1.29, 1.82) is 0 Å². The largest absolute Gasteiger partial charge is 0.497 e. The third-order valence-corrected chi connectivity index (χ3v) is 5.00. The van der Waals surface area contributed by atoms with Gasteiger partial charge in [0.25, 0.3) is 0 Å². The molecule has 0 aliphatic heterocycles. The summed E-state index contributed by atoms with van der Waals surface area (Å²) in [5.41, 5.74) is 3.17. The van der Waals surface area contributed by atoms with E-state index in [4.69, 9.17) is 9.47 Å². The van der Waals surface area contributed by atoms with Crippen LogP contribution in [0.3, 0.4) is 0 Å². The number of anilines is 1. The predicted octanol–water partition coefficient (Wildman–Crippen LogP) is 4.71. The molecule has 7 nitrogen and oxygen atoms in total. The third-order valence-electron chi connectivity index (χ3n) is 5.00. The van der Waals surface area contributed by atoms with Crippen molar-refractivity contribution in [2.45, 2.75) is 27.2 Å². The van der Waals surface area contributed by atoms with E-state index in [2.05, 4.69) is 10.4 Å². The van der Waals surface area contributed by atoms with Crippen LogP contribution in [-0.4, -0.2) is 35.4 Å². The standard InChI is InChI=1S/C24H27N3O4/c1-5-16(3)23(28)25-18-9-7-8-17(14-18)22-15-21(24(29)31-6-2)26-27(22)19-10-12-20(30-4)13-11-19/h7-16H,5-6H2,1-4H3,(H,25,28)/t16-/m1/s1. The topological polar surface area (TPSA) is 82.5 Å². The minimum atomic E-state index is -0.489. The number of rotatable bonds is 8. The zero-order chi connectivity index (χ0) is 22.4. The van der Waals surface area contributed by atoms with E-state index in [-0.39, 0.29) is 24.1 Å². The summed E-state index contributed by atoms with van der Waals surface area (Å²) < 4.78 is 12.0. The molecule has 1 atom stereocenters. The number of aromatic nitrogens is 2. The molecule has 0 spiro atoms. The molecule has 1 aromatic heterocycles. The van der Waals surface area contributed by atoms with Gasteiger partial charge in [0.15, 0.2) is 5.69 Å². The molecular weight excluding hydrogens is 394 g/mol. The summed E-state index contributed by atoms with van der Waals surface area (Å²) in [5.74, 6) is 0.120. The van der Waals surface area contributed by atoms with Crippen molar-refractivity contribution >= 4 is 17.6 Å². The third kappa shape index (κ3) is 5.12. The van der Waals surface area contributed by atoms with Crippen LogP contribution in [0.1, 0.15) is 37.7 Å². The lowest BCUT2D eigenvalue weighted by Gasteiger charge is -2.12. The van der Waals surface area contributed by atoms with Crippen molar-refractivity contribution < 1.29 is 19.1 Å². The van der Waals surface area contributed by atoms with E-state index in [1.807, 2.05) is 62.4 Å². The average Bonchev–Trinajstić information content (AvgIpc) is 3.24. The number of carbonyl (C=O) groups is 2. The highest BCUT2D eigenvalue weighted by Gasteiger charge is 2.18. The van der Waals surface area contributed by atoms with Crippen LogP contribution in [0.25, 0.3) is 16.9 Å². The van der Waals surface area contributed by atoms with Gasteiger partial charge in [-0.25, -0.2) is 9.48 Å². The van der Waals surface area contributed by atoms with Crippen LogP contribution in [0.2, 0.25) is 0 Å². The smallest absolute Gasteiger partial charge is 0.358 e. The van der Waals surface area contributed by atoms with Crippen molar-refractivity contribution in [3.05, 3.63) is 60.3 Å². The van der Waals surface area contributed by atoms with Crippen LogP contribution >= 0.6 is 0 Å². The molecule has 3 rings (SSSR count). The fourth-order valence-corrected chi connectivity index (χ4v) is 3.02. The molecule has 0 saturated heterocycles. The molecule has 0 aliphatic rings. The molecule has 1 N–H and O–H groups in total. The molecule has 0 saturated carbocycles. The highest BCUT2D eigenvalue weighted by atomic mass is 16.5. The molecular formula is C24H27N3O4. The number of hydrogen-bond acceptors (Lipinski definition) is 5. The molecule has 162 valence electrons. The van der Waals surface area contributed by atoms with E-state index < -0.39 is 5.97 Å². The first-order valence-corrected chi connectivity index (χ1v) is 10.3. The van der Waals surface area contributed by atoms with Crippen LogP contribution in [0.5, 0.6) is 5.75 Å². The van der Waals surface area contributed by atoms with E-state index in [0.717, 1.165) is 23.4 Å². The van der Waals surface area contributed by atoms with Crippen LogP contribution < -0.4 is 10.1 Å². The summed E-state index contributed by atoms with van der Waals surface area (Å²) >= 11 is 0. The Bertz CT molecular complexity index is 1060. The van der Waals surface area contributed by atoms with Gasteiger partial charge in [-0.3, -0.25) is 4.79 Å². The normalized spacial score (nSPS) is 11.6. The van der Waals surface area contributed by atoms with E-state index in [0.29, 0.717) is 11.4 Å². The second kappa shape index (κ2) is 9.93. The van der Waals surface area contributed by atoms with Crippen LogP contribution in [0.15, 0.2) is 54.6 Å². The van der Waals surface area contributed by atoms with Crippen molar-refractivity contribution in [3.8, 4) is 22.7 Å². The second-order valence-electron chi connectivity index (χ2n) is 7.12. The van der Waals surface area contributed by atoms with Crippen LogP contribution in [-0.2, 0) is 9.53 Å². The van der Waals surface area contributed by atoms with Gasteiger partial charge in [0.2, 0.25) is 5.91 Å². The SMILES string of the molecule is CCOC(=O)c1cc(-c2cccc(NC(=O)[C@H](C)CC)c2)n(-c2ccc(OC)cc2)n1. The van der Waals surface area contributed by atoms with Gasteiger partial charge in [-0.05, 0) is 55.8 Å². The summed E-state index contributed by atoms with van der Waals surface area (Å²) in [6.45, 7) is 5.89. The van der Waals surface area contributed by atoms with Gasteiger partial charge < -0.3 is 14.8 Å². The van der Waals surface area contributed by atoms with Gasteiger partial charge in [-0.2, -0.15) is 5.10 Å². The van der Waals surface area contributed by atoms with Crippen molar-refractivity contribution in [1.82, 2.24) is 9.78 Å². The summed E-state index contributed by atoms with van der Waals surface area (Å²) in [5, 5.41) is 7.43. The quantitative estimate of drug-likeness (QED) is 0.533. The maximum atomic E-state index is 12.3. The Morgan fingerprint density at radius 2 is 1.84 bits per heavy atom. The van der Waals surface area contributed by atoms with Crippen molar-refractivity contribution in [2.24, 2.45) is 5.92 Å². The Labute approximate surface area is 182 Å². The molecule has 0 fully saturated rings. The molecule has 0 bridgehead atoms. The number of carbonyl (C=O) groups excluding carboxylic acids is 2. The average molecular weight is 421 g/mol. The number of benzene rings is 2. The van der Waals surface area contributed by atoms with Crippen molar-refractivity contribution in [2.75, 3.05) is 19.0 Å². The molecule has 1 amide bonds. The lowest BCUT2D eigenvalue weighted by Crippen LogP contribution is -2.19. The maximum Gasteiger partial charge on any atom is 0.358 e. The molecule has 2 aromatic carbocycles. The molecule has 0 unspecified atom stereocenters. The summed E-state index contributed by atoms with van der Waals surface area (Å²) in [4.78, 5) is 24.6. The zero-order valence-corrected chi connectivity index (χ0v) is 18.2.